The van der Waals surface area contributed by atoms with E-state index < -0.39 is 16.0 Å². The van der Waals surface area contributed by atoms with Crippen LogP contribution in [0.2, 0.25) is 0 Å². The fourth-order valence-corrected chi connectivity index (χ4v) is 4.27. The summed E-state index contributed by atoms with van der Waals surface area (Å²) in [6.07, 6.45) is 1.33. The Morgan fingerprint density at radius 2 is 1.93 bits per heavy atom. The van der Waals surface area contributed by atoms with Crippen molar-refractivity contribution in [1.82, 2.24) is 4.98 Å². The van der Waals surface area contributed by atoms with Crippen LogP contribution in [0, 0.1) is 13.8 Å². The molecule has 0 unspecified atom stereocenters. The van der Waals surface area contributed by atoms with Crippen molar-refractivity contribution in [3.05, 3.63) is 47.2 Å². The van der Waals surface area contributed by atoms with Crippen molar-refractivity contribution in [2.45, 2.75) is 18.7 Å². The van der Waals surface area contributed by atoms with Crippen LogP contribution in [0.5, 0.6) is 0 Å². The Labute approximate surface area is 157 Å². The topological polar surface area (TPSA) is 109 Å². The lowest BCUT2D eigenvalue weighted by atomic mass is 10.2. The summed E-state index contributed by atoms with van der Waals surface area (Å²) in [6, 6.07) is 6.31. The highest BCUT2D eigenvalue weighted by Gasteiger charge is 2.23. The maximum Gasteiger partial charge on any atom is 0.339 e. The number of rotatable bonds is 5. The summed E-state index contributed by atoms with van der Waals surface area (Å²) in [5, 5.41) is 9.54. The average molecular weight is 391 g/mol. The van der Waals surface area contributed by atoms with Crippen LogP contribution in [0.4, 0.5) is 11.5 Å². The van der Waals surface area contributed by atoms with Gasteiger partial charge in [-0.15, -0.1) is 0 Å². The second-order valence-electron chi connectivity index (χ2n) is 6.37. The minimum atomic E-state index is -3.86. The molecule has 1 saturated heterocycles. The number of nitrogens with zero attached hydrogens (tertiary/aromatic N) is 2. The Kier molecular flexibility index (Phi) is 5.33. The van der Waals surface area contributed by atoms with Crippen LogP contribution in [0.15, 0.2) is 35.4 Å². The second kappa shape index (κ2) is 7.53. The fraction of sp³-hybridized carbons (Fsp3) is 0.333. The highest BCUT2D eigenvalue weighted by Crippen LogP contribution is 2.25. The third kappa shape index (κ3) is 4.20. The zero-order valence-electron chi connectivity index (χ0n) is 15.1. The first-order chi connectivity index (χ1) is 12.8. The number of hydrogen-bond acceptors (Lipinski definition) is 6. The predicted octanol–water partition coefficient (Wildman–Crippen LogP) is 2.03. The standard InChI is InChI=1S/C18H21N3O5S/c1-12-3-4-16(13(2)9-12)27(24,25)20-14-10-15(18(22)23)17(19-11-14)21-5-7-26-8-6-21/h3-4,9-11,20H,5-8H2,1-2H3,(H,22,23). The van der Waals surface area contributed by atoms with Gasteiger partial charge in [0.15, 0.2) is 0 Å². The number of hydrogen-bond donors (Lipinski definition) is 2. The Morgan fingerprint density at radius 1 is 1.22 bits per heavy atom. The molecule has 0 saturated carbocycles. The van der Waals surface area contributed by atoms with Crippen LogP contribution in [0.1, 0.15) is 21.5 Å². The van der Waals surface area contributed by atoms with E-state index in [9.17, 15) is 18.3 Å². The van der Waals surface area contributed by atoms with Crippen molar-refractivity contribution in [2.75, 3.05) is 35.9 Å². The summed E-state index contributed by atoms with van der Waals surface area (Å²) in [6.45, 7) is 5.62. The lowest BCUT2D eigenvalue weighted by molar-refractivity contribution is 0.0696. The molecular weight excluding hydrogens is 370 g/mol. The van der Waals surface area contributed by atoms with Crippen molar-refractivity contribution in [3.63, 3.8) is 0 Å². The van der Waals surface area contributed by atoms with Crippen LogP contribution < -0.4 is 9.62 Å². The van der Waals surface area contributed by atoms with E-state index in [2.05, 4.69) is 9.71 Å². The third-order valence-electron chi connectivity index (χ3n) is 4.28. The number of benzene rings is 1. The molecule has 1 aromatic heterocycles. The van der Waals surface area contributed by atoms with Crippen LogP contribution in [0.3, 0.4) is 0 Å². The van der Waals surface area contributed by atoms with Gasteiger partial charge in [-0.25, -0.2) is 18.2 Å². The molecule has 8 nitrogen and oxygen atoms in total. The number of morpholine rings is 1. The molecule has 1 aromatic carbocycles. The lowest BCUT2D eigenvalue weighted by Gasteiger charge is -2.28. The molecule has 1 fully saturated rings. The maximum absolute atomic E-state index is 12.7. The molecule has 2 aromatic rings. The van der Waals surface area contributed by atoms with E-state index in [1.807, 2.05) is 11.8 Å². The van der Waals surface area contributed by atoms with Crippen molar-refractivity contribution < 1.29 is 23.1 Å². The first-order valence-electron chi connectivity index (χ1n) is 8.44. The number of anilines is 2. The van der Waals surface area contributed by atoms with Crippen LogP contribution in [-0.4, -0.2) is 50.8 Å². The zero-order valence-corrected chi connectivity index (χ0v) is 15.9. The van der Waals surface area contributed by atoms with Gasteiger partial charge in [-0.3, -0.25) is 4.72 Å². The van der Waals surface area contributed by atoms with Crippen LogP contribution >= 0.6 is 0 Å². The van der Waals surface area contributed by atoms with Crippen molar-refractivity contribution in [2.24, 2.45) is 0 Å². The van der Waals surface area contributed by atoms with Crippen molar-refractivity contribution in [1.29, 1.82) is 0 Å². The van der Waals surface area contributed by atoms with E-state index in [-0.39, 0.29) is 16.1 Å². The zero-order chi connectivity index (χ0) is 19.6. The van der Waals surface area contributed by atoms with E-state index >= 15 is 0 Å². The number of nitrogens with one attached hydrogen (secondary N) is 1. The monoisotopic (exact) mass is 391 g/mol. The molecule has 0 radical (unpaired) electrons. The Bertz CT molecular complexity index is 969. The molecule has 1 aliphatic rings. The number of aromatic carboxylic acids is 1. The second-order valence-corrected chi connectivity index (χ2v) is 8.03. The molecule has 0 amide bonds. The number of carbonyl (C=O) groups is 1. The molecule has 27 heavy (non-hydrogen) atoms. The van der Waals surface area contributed by atoms with Crippen LogP contribution in [0.25, 0.3) is 0 Å². The molecule has 144 valence electrons. The van der Waals surface area contributed by atoms with Gasteiger partial charge in [0.2, 0.25) is 0 Å². The summed E-state index contributed by atoms with van der Waals surface area (Å²) in [7, 11) is -3.86. The number of pyridine rings is 1. The summed E-state index contributed by atoms with van der Waals surface area (Å²) >= 11 is 0. The first-order valence-corrected chi connectivity index (χ1v) is 9.92. The van der Waals surface area contributed by atoms with Gasteiger partial charge >= 0.3 is 5.97 Å². The molecule has 0 atom stereocenters. The molecule has 1 aliphatic heterocycles. The van der Waals surface area contributed by atoms with E-state index in [0.29, 0.717) is 37.7 Å². The van der Waals surface area contributed by atoms with E-state index in [4.69, 9.17) is 4.74 Å². The molecule has 9 heteroatoms. The summed E-state index contributed by atoms with van der Waals surface area (Å²) < 4.78 is 33.1. The van der Waals surface area contributed by atoms with Gasteiger partial charge in [0, 0.05) is 13.1 Å². The van der Waals surface area contributed by atoms with Gasteiger partial charge in [-0.2, -0.15) is 0 Å². The Balaban J connectivity index is 1.93. The van der Waals surface area contributed by atoms with Gasteiger partial charge in [-0.1, -0.05) is 17.7 Å². The number of carboxylic acid groups (broad SMARTS) is 1. The molecule has 0 bridgehead atoms. The van der Waals surface area contributed by atoms with Gasteiger partial charge in [0.25, 0.3) is 10.0 Å². The van der Waals surface area contributed by atoms with E-state index in [0.717, 1.165) is 5.56 Å². The summed E-state index contributed by atoms with van der Waals surface area (Å²) in [5.74, 6) is -0.864. The number of aromatic nitrogens is 1. The molecule has 3 rings (SSSR count). The van der Waals surface area contributed by atoms with Crippen molar-refractivity contribution >= 4 is 27.5 Å². The SMILES string of the molecule is Cc1ccc(S(=O)(=O)Nc2cnc(N3CCOCC3)c(C(=O)O)c2)c(C)c1. The molecule has 0 aliphatic carbocycles. The number of sulfonamides is 1. The third-order valence-corrected chi connectivity index (χ3v) is 5.82. The number of aryl methyl sites for hydroxylation is 2. The molecule has 0 spiro atoms. The first kappa shape index (κ1) is 19.1. The van der Waals surface area contributed by atoms with Gasteiger partial charge < -0.3 is 14.7 Å². The largest absolute Gasteiger partial charge is 0.478 e. The van der Waals surface area contributed by atoms with Gasteiger partial charge in [0.1, 0.15) is 11.4 Å². The van der Waals surface area contributed by atoms with Crippen molar-refractivity contribution in [3.8, 4) is 0 Å². The number of carboxylic acids is 1. The quantitative estimate of drug-likeness (QED) is 0.803. The van der Waals surface area contributed by atoms with Crippen LogP contribution in [-0.2, 0) is 14.8 Å². The Hall–Kier alpha value is -2.65. The molecule has 2 N–H and O–H groups in total. The van der Waals surface area contributed by atoms with E-state index in [1.165, 1.54) is 18.3 Å². The normalized spacial score (nSPS) is 14.8. The predicted molar refractivity (Wildman–Crippen MR) is 101 cm³/mol. The smallest absolute Gasteiger partial charge is 0.339 e. The molecule has 2 heterocycles. The highest BCUT2D eigenvalue weighted by molar-refractivity contribution is 7.92. The van der Waals surface area contributed by atoms with E-state index in [1.54, 1.807) is 19.1 Å². The summed E-state index contributed by atoms with van der Waals surface area (Å²) in [4.78, 5) is 17.8. The summed E-state index contributed by atoms with van der Waals surface area (Å²) in [5.41, 5.74) is 1.61. The molecular formula is C18H21N3O5S. The Morgan fingerprint density at radius 3 is 2.56 bits per heavy atom. The van der Waals surface area contributed by atoms with Gasteiger partial charge in [0.05, 0.1) is 30.0 Å². The highest BCUT2D eigenvalue weighted by atomic mass is 32.2. The minimum absolute atomic E-state index is 0.0577. The average Bonchev–Trinajstić information content (AvgIpc) is 2.61. The maximum atomic E-state index is 12.7. The minimum Gasteiger partial charge on any atom is -0.478 e. The lowest BCUT2D eigenvalue weighted by Crippen LogP contribution is -2.37. The number of ether oxygens (including phenoxy) is 1. The fourth-order valence-electron chi connectivity index (χ4n) is 3.01. The van der Waals surface area contributed by atoms with Gasteiger partial charge in [-0.05, 0) is 31.5 Å².